The van der Waals surface area contributed by atoms with Crippen LogP contribution in [0.15, 0.2) is 36.4 Å². The van der Waals surface area contributed by atoms with Gasteiger partial charge in [0.15, 0.2) is 17.4 Å². The molecule has 2 aliphatic rings. The monoisotopic (exact) mass is 398 g/mol. The van der Waals surface area contributed by atoms with E-state index in [0.29, 0.717) is 11.5 Å². The first-order valence-corrected chi connectivity index (χ1v) is 11.3. The first-order valence-electron chi connectivity index (χ1n) is 11.3. The van der Waals surface area contributed by atoms with Gasteiger partial charge in [0.2, 0.25) is 0 Å². The van der Waals surface area contributed by atoms with E-state index in [4.69, 9.17) is 0 Å². The Bertz CT molecular complexity index is 790. The minimum atomic E-state index is -0.921. The Morgan fingerprint density at radius 3 is 1.79 bits per heavy atom. The molecule has 0 bridgehead atoms. The molecule has 156 valence electrons. The molecule has 3 heteroatoms. The van der Waals surface area contributed by atoms with Crippen LogP contribution < -0.4 is 0 Å². The van der Waals surface area contributed by atoms with Gasteiger partial charge < -0.3 is 5.11 Å². The van der Waals surface area contributed by atoms with E-state index in [2.05, 4.69) is 19.1 Å². The van der Waals surface area contributed by atoms with Crippen molar-refractivity contribution in [3.8, 4) is 16.9 Å². The molecular weight excluding hydrogens is 366 g/mol. The molecule has 0 spiro atoms. The van der Waals surface area contributed by atoms with E-state index in [1.54, 1.807) is 0 Å². The zero-order valence-electron chi connectivity index (χ0n) is 17.3. The van der Waals surface area contributed by atoms with Crippen molar-refractivity contribution < 1.29 is 13.9 Å². The number of aromatic hydroxyl groups is 1. The fourth-order valence-corrected chi connectivity index (χ4v) is 5.67. The molecule has 0 heterocycles. The molecule has 2 saturated carbocycles. The zero-order valence-corrected chi connectivity index (χ0v) is 17.3. The molecule has 2 fully saturated rings. The van der Waals surface area contributed by atoms with Crippen molar-refractivity contribution in [3.05, 3.63) is 53.6 Å². The molecule has 0 amide bonds. The summed E-state index contributed by atoms with van der Waals surface area (Å²) in [4.78, 5) is 0. The molecule has 1 N–H and O–H groups in total. The molecule has 0 aromatic heterocycles. The second-order valence-electron chi connectivity index (χ2n) is 9.21. The lowest BCUT2D eigenvalue weighted by atomic mass is 9.68. The molecule has 2 aromatic carbocycles. The normalized spacial score (nSPS) is 27.7. The van der Waals surface area contributed by atoms with Crippen LogP contribution in [-0.2, 0) is 0 Å². The predicted molar refractivity (Wildman–Crippen MR) is 114 cm³/mol. The quantitative estimate of drug-likeness (QED) is 0.556. The van der Waals surface area contributed by atoms with E-state index in [1.165, 1.54) is 75.5 Å². The lowest BCUT2D eigenvalue weighted by molar-refractivity contribution is 0.158. The highest BCUT2D eigenvalue weighted by Crippen LogP contribution is 2.44. The first-order chi connectivity index (χ1) is 14.0. The standard InChI is InChI=1S/C26H32F2O/c1-2-17-3-5-18(6-4-17)19-7-9-20(10-8-19)21-11-13-22(14-12-21)23-15-24(27)26(29)25(28)16-23/h11-20,29H,2-10H2,1H3. The molecule has 0 atom stereocenters. The van der Waals surface area contributed by atoms with E-state index < -0.39 is 17.4 Å². The Labute approximate surface area is 173 Å². The van der Waals surface area contributed by atoms with Crippen LogP contribution in [0.5, 0.6) is 5.75 Å². The second-order valence-corrected chi connectivity index (χ2v) is 9.21. The third-order valence-electron chi connectivity index (χ3n) is 7.64. The summed E-state index contributed by atoms with van der Waals surface area (Å²) in [5.41, 5.74) is 2.56. The third kappa shape index (κ3) is 4.49. The van der Waals surface area contributed by atoms with Crippen molar-refractivity contribution in [3.63, 3.8) is 0 Å². The summed E-state index contributed by atoms with van der Waals surface area (Å²) in [6, 6.07) is 10.5. The molecule has 0 aliphatic heterocycles. The average molecular weight is 399 g/mol. The van der Waals surface area contributed by atoms with E-state index in [-0.39, 0.29) is 0 Å². The summed E-state index contributed by atoms with van der Waals surface area (Å²) in [7, 11) is 0. The molecule has 0 saturated heterocycles. The van der Waals surface area contributed by atoms with Crippen LogP contribution in [0.25, 0.3) is 11.1 Å². The van der Waals surface area contributed by atoms with Crippen LogP contribution >= 0.6 is 0 Å². The third-order valence-corrected chi connectivity index (χ3v) is 7.64. The highest BCUT2D eigenvalue weighted by atomic mass is 19.1. The van der Waals surface area contributed by atoms with E-state index in [9.17, 15) is 13.9 Å². The van der Waals surface area contributed by atoms with Crippen LogP contribution in [0.4, 0.5) is 8.78 Å². The minimum absolute atomic E-state index is 0.454. The van der Waals surface area contributed by atoms with Gasteiger partial charge in [-0.2, -0.15) is 0 Å². The fraction of sp³-hybridized carbons (Fsp3) is 0.538. The lowest BCUT2D eigenvalue weighted by Gasteiger charge is -2.38. The number of phenols is 1. The Balaban J connectivity index is 1.36. The number of phenolic OH excluding ortho intramolecular Hbond substituents is 1. The Morgan fingerprint density at radius 2 is 1.28 bits per heavy atom. The largest absolute Gasteiger partial charge is 0.503 e. The van der Waals surface area contributed by atoms with Gasteiger partial charge in [0.05, 0.1) is 0 Å². The lowest BCUT2D eigenvalue weighted by Crippen LogP contribution is -2.25. The maximum absolute atomic E-state index is 13.6. The van der Waals surface area contributed by atoms with Gasteiger partial charge in [-0.1, -0.05) is 50.5 Å². The van der Waals surface area contributed by atoms with E-state index in [0.717, 1.165) is 23.3 Å². The predicted octanol–water partition coefficient (Wildman–Crippen LogP) is 7.83. The topological polar surface area (TPSA) is 20.2 Å². The van der Waals surface area contributed by atoms with Crippen LogP contribution in [-0.4, -0.2) is 5.11 Å². The maximum Gasteiger partial charge on any atom is 0.187 e. The smallest absolute Gasteiger partial charge is 0.187 e. The second kappa shape index (κ2) is 8.85. The van der Waals surface area contributed by atoms with Crippen LogP contribution in [0, 0.1) is 29.4 Å². The van der Waals surface area contributed by atoms with Gasteiger partial charge in [0.1, 0.15) is 0 Å². The Morgan fingerprint density at radius 1 is 0.759 bits per heavy atom. The van der Waals surface area contributed by atoms with Gasteiger partial charge in [0.25, 0.3) is 0 Å². The highest BCUT2D eigenvalue weighted by molar-refractivity contribution is 5.65. The van der Waals surface area contributed by atoms with E-state index >= 15 is 0 Å². The SMILES string of the molecule is CCC1CCC(C2CCC(c3ccc(-c4cc(F)c(O)c(F)c4)cc3)CC2)CC1. The number of hydrogen-bond donors (Lipinski definition) is 1. The fourth-order valence-electron chi connectivity index (χ4n) is 5.67. The van der Waals surface area contributed by atoms with Crippen molar-refractivity contribution >= 4 is 0 Å². The number of benzene rings is 2. The molecule has 1 nitrogen and oxygen atoms in total. The minimum Gasteiger partial charge on any atom is -0.503 e. The summed E-state index contributed by atoms with van der Waals surface area (Å²) in [5, 5.41) is 9.28. The molecule has 2 aliphatic carbocycles. The van der Waals surface area contributed by atoms with Crippen LogP contribution in [0.2, 0.25) is 0 Å². The molecule has 2 aromatic rings. The van der Waals surface area contributed by atoms with Gasteiger partial charge in [0, 0.05) is 0 Å². The summed E-state index contributed by atoms with van der Waals surface area (Å²) in [5.74, 6) is 0.667. The zero-order chi connectivity index (χ0) is 20.4. The van der Waals surface area contributed by atoms with Crippen molar-refractivity contribution in [2.75, 3.05) is 0 Å². The molecular formula is C26H32F2O. The van der Waals surface area contributed by atoms with Crippen molar-refractivity contribution in [1.82, 2.24) is 0 Å². The van der Waals surface area contributed by atoms with Crippen LogP contribution in [0.3, 0.4) is 0 Å². The maximum atomic E-state index is 13.6. The molecule has 0 radical (unpaired) electrons. The van der Waals surface area contributed by atoms with Gasteiger partial charge in [-0.25, -0.2) is 8.78 Å². The first kappa shape index (κ1) is 20.4. The summed E-state index contributed by atoms with van der Waals surface area (Å²) < 4.78 is 27.3. The van der Waals surface area contributed by atoms with Crippen molar-refractivity contribution in [2.24, 2.45) is 17.8 Å². The molecule has 4 rings (SSSR count). The Kier molecular flexibility index (Phi) is 6.22. The Hall–Kier alpha value is -1.90. The summed E-state index contributed by atoms with van der Waals surface area (Å²) in [6.45, 7) is 2.33. The number of hydrogen-bond acceptors (Lipinski definition) is 1. The summed E-state index contributed by atoms with van der Waals surface area (Å²) in [6.07, 6.45) is 12.2. The van der Waals surface area contributed by atoms with Gasteiger partial charge in [-0.3, -0.25) is 0 Å². The summed E-state index contributed by atoms with van der Waals surface area (Å²) >= 11 is 0. The van der Waals surface area contributed by atoms with Gasteiger partial charge >= 0.3 is 0 Å². The average Bonchev–Trinajstić information content (AvgIpc) is 2.77. The van der Waals surface area contributed by atoms with Crippen molar-refractivity contribution in [2.45, 2.75) is 70.6 Å². The molecule has 0 unspecified atom stereocenters. The van der Waals surface area contributed by atoms with Gasteiger partial charge in [-0.15, -0.1) is 0 Å². The molecule has 29 heavy (non-hydrogen) atoms. The van der Waals surface area contributed by atoms with E-state index in [1.807, 2.05) is 12.1 Å². The highest BCUT2D eigenvalue weighted by Gasteiger charge is 2.30. The number of rotatable bonds is 4. The van der Waals surface area contributed by atoms with Gasteiger partial charge in [-0.05, 0) is 91.0 Å². The van der Waals surface area contributed by atoms with Crippen LogP contribution in [0.1, 0.15) is 76.2 Å². The number of halogens is 2. The van der Waals surface area contributed by atoms with Crippen molar-refractivity contribution in [1.29, 1.82) is 0 Å².